The second-order valence-corrected chi connectivity index (χ2v) is 6.18. The molecule has 7 nitrogen and oxygen atoms in total. The highest BCUT2D eigenvalue weighted by molar-refractivity contribution is 7.12. The molecule has 0 radical (unpaired) electrons. The van der Waals surface area contributed by atoms with Crippen LogP contribution in [0.15, 0.2) is 46.7 Å². The number of aromatic amines is 1. The van der Waals surface area contributed by atoms with Crippen molar-refractivity contribution in [2.24, 2.45) is 0 Å². The first kappa shape index (κ1) is 15.2. The van der Waals surface area contributed by atoms with Gasteiger partial charge in [0.1, 0.15) is 16.4 Å². The fourth-order valence-electron chi connectivity index (χ4n) is 2.44. The maximum Gasteiger partial charge on any atom is 0.345 e. The predicted molar refractivity (Wildman–Crippen MR) is 89.7 cm³/mol. The van der Waals surface area contributed by atoms with Gasteiger partial charge in [0.2, 0.25) is 0 Å². The summed E-state index contributed by atoms with van der Waals surface area (Å²) in [6.45, 7) is 0. The van der Waals surface area contributed by atoms with Crippen LogP contribution in [0.2, 0.25) is 0 Å². The summed E-state index contributed by atoms with van der Waals surface area (Å²) >= 11 is 1.07. The Hall–Kier alpha value is -3.33. The number of aromatic carboxylic acids is 1. The van der Waals surface area contributed by atoms with E-state index in [9.17, 15) is 14.0 Å². The summed E-state index contributed by atoms with van der Waals surface area (Å²) in [5, 5.41) is 19.0. The molecular formula is C16H9FN4O3S. The maximum atomic E-state index is 13.4. The standard InChI is InChI=1S/C16H9FN4O3S/c17-9-1-2-12-8(3-9)4-11(15(22)18-12)13-6-21(20-19-13)10-5-14(16(23)24)25-7-10/h1-7H,(H,18,22)(H,23,24). The van der Waals surface area contributed by atoms with Crippen molar-refractivity contribution in [3.63, 3.8) is 0 Å². The van der Waals surface area contributed by atoms with Crippen LogP contribution in [-0.4, -0.2) is 31.1 Å². The fraction of sp³-hybridized carbons (Fsp3) is 0. The van der Waals surface area contributed by atoms with Crippen molar-refractivity contribution in [2.45, 2.75) is 0 Å². The van der Waals surface area contributed by atoms with Crippen molar-refractivity contribution in [3.05, 3.63) is 63.0 Å². The molecule has 4 rings (SSSR count). The first-order valence-corrected chi connectivity index (χ1v) is 7.97. The Labute approximate surface area is 143 Å². The Morgan fingerprint density at radius 1 is 1.28 bits per heavy atom. The number of nitrogens with one attached hydrogen (secondary N) is 1. The highest BCUT2D eigenvalue weighted by Gasteiger charge is 2.13. The van der Waals surface area contributed by atoms with Crippen LogP contribution in [0.3, 0.4) is 0 Å². The van der Waals surface area contributed by atoms with Gasteiger partial charge in [0.05, 0.1) is 17.4 Å². The quantitative estimate of drug-likeness (QED) is 0.588. The van der Waals surface area contributed by atoms with Crippen molar-refractivity contribution in [2.75, 3.05) is 0 Å². The molecule has 0 saturated heterocycles. The molecule has 0 aliphatic heterocycles. The zero-order valence-corrected chi connectivity index (χ0v) is 13.2. The number of carbonyl (C=O) groups is 1. The van der Waals surface area contributed by atoms with Gasteiger partial charge in [-0.1, -0.05) is 5.21 Å². The van der Waals surface area contributed by atoms with Gasteiger partial charge in [-0.15, -0.1) is 16.4 Å². The van der Waals surface area contributed by atoms with E-state index in [0.717, 1.165) is 11.3 Å². The van der Waals surface area contributed by atoms with E-state index < -0.39 is 11.8 Å². The number of rotatable bonds is 3. The van der Waals surface area contributed by atoms with Crippen LogP contribution in [-0.2, 0) is 0 Å². The van der Waals surface area contributed by atoms with Crippen LogP contribution in [0.5, 0.6) is 0 Å². The number of thiophene rings is 1. The normalized spacial score (nSPS) is 11.1. The number of H-pyrrole nitrogens is 1. The molecule has 0 fully saturated rings. The average Bonchev–Trinajstić information content (AvgIpc) is 3.23. The SMILES string of the molecule is O=C(O)c1cc(-n2cc(-c3cc4cc(F)ccc4[nH]c3=O)nn2)cs1. The highest BCUT2D eigenvalue weighted by atomic mass is 32.1. The molecule has 3 aromatic heterocycles. The zero-order valence-electron chi connectivity index (χ0n) is 12.4. The van der Waals surface area contributed by atoms with Gasteiger partial charge < -0.3 is 10.1 Å². The van der Waals surface area contributed by atoms with Gasteiger partial charge >= 0.3 is 5.97 Å². The van der Waals surface area contributed by atoms with Crippen molar-refractivity contribution in [1.82, 2.24) is 20.0 Å². The van der Waals surface area contributed by atoms with Crippen molar-refractivity contribution < 1.29 is 14.3 Å². The van der Waals surface area contributed by atoms with Gasteiger partial charge in [-0.2, -0.15) is 0 Å². The first-order chi connectivity index (χ1) is 12.0. The summed E-state index contributed by atoms with van der Waals surface area (Å²) in [5.41, 5.74) is 1.23. The van der Waals surface area contributed by atoms with Gasteiger partial charge in [-0.3, -0.25) is 4.79 Å². The van der Waals surface area contributed by atoms with E-state index in [1.165, 1.54) is 35.1 Å². The second kappa shape index (κ2) is 5.64. The number of nitrogens with zero attached hydrogens (tertiary/aromatic N) is 3. The molecule has 0 saturated carbocycles. The Bertz CT molecular complexity index is 1180. The number of halogens is 1. The van der Waals surface area contributed by atoms with Crippen LogP contribution in [0.1, 0.15) is 9.67 Å². The summed E-state index contributed by atoms with van der Waals surface area (Å²) in [5.74, 6) is -1.43. The van der Waals surface area contributed by atoms with Crippen LogP contribution in [0, 0.1) is 5.82 Å². The third kappa shape index (κ3) is 2.70. The minimum atomic E-state index is -1.02. The lowest BCUT2D eigenvalue weighted by Crippen LogP contribution is -2.08. The molecule has 3 heterocycles. The van der Waals surface area contributed by atoms with Crippen molar-refractivity contribution in [1.29, 1.82) is 0 Å². The van der Waals surface area contributed by atoms with Crippen molar-refractivity contribution in [3.8, 4) is 16.9 Å². The molecule has 25 heavy (non-hydrogen) atoms. The van der Waals surface area contributed by atoms with E-state index in [4.69, 9.17) is 5.11 Å². The van der Waals surface area contributed by atoms with Gasteiger partial charge in [-0.25, -0.2) is 13.9 Å². The Morgan fingerprint density at radius 2 is 2.12 bits per heavy atom. The number of fused-ring (bicyclic) bond motifs is 1. The molecule has 1 aromatic carbocycles. The largest absolute Gasteiger partial charge is 0.477 e. The molecule has 0 atom stereocenters. The van der Waals surface area contributed by atoms with Crippen LogP contribution in [0.4, 0.5) is 4.39 Å². The summed E-state index contributed by atoms with van der Waals surface area (Å²) in [6.07, 6.45) is 1.52. The second-order valence-electron chi connectivity index (χ2n) is 5.27. The molecule has 124 valence electrons. The highest BCUT2D eigenvalue weighted by Crippen LogP contribution is 2.21. The summed E-state index contributed by atoms with van der Waals surface area (Å²) in [6, 6.07) is 7.08. The zero-order chi connectivity index (χ0) is 17.6. The van der Waals surface area contributed by atoms with Crippen LogP contribution < -0.4 is 5.56 Å². The Kier molecular flexibility index (Phi) is 3.43. The van der Waals surface area contributed by atoms with Crippen LogP contribution in [0.25, 0.3) is 27.8 Å². The smallest absolute Gasteiger partial charge is 0.345 e. The molecule has 4 aromatic rings. The molecule has 0 aliphatic carbocycles. The third-order valence-electron chi connectivity index (χ3n) is 3.64. The number of hydrogen-bond donors (Lipinski definition) is 2. The van der Waals surface area contributed by atoms with E-state index >= 15 is 0 Å². The lowest BCUT2D eigenvalue weighted by Gasteiger charge is -2.00. The third-order valence-corrected chi connectivity index (χ3v) is 4.54. The van der Waals surface area contributed by atoms with Gasteiger partial charge in [-0.05, 0) is 30.3 Å². The monoisotopic (exact) mass is 356 g/mol. The number of pyridine rings is 1. The van der Waals surface area contributed by atoms with Gasteiger partial charge in [0.15, 0.2) is 0 Å². The van der Waals surface area contributed by atoms with E-state index in [1.807, 2.05) is 0 Å². The lowest BCUT2D eigenvalue weighted by molar-refractivity contribution is 0.0702. The summed E-state index contributed by atoms with van der Waals surface area (Å²) < 4.78 is 14.8. The molecule has 2 N–H and O–H groups in total. The number of carboxylic acids is 1. The maximum absolute atomic E-state index is 13.4. The number of hydrogen-bond acceptors (Lipinski definition) is 5. The van der Waals surface area contributed by atoms with Crippen molar-refractivity contribution >= 4 is 28.2 Å². The number of benzene rings is 1. The van der Waals surface area contributed by atoms with E-state index in [0.29, 0.717) is 22.3 Å². The molecule has 0 aliphatic rings. The summed E-state index contributed by atoms with van der Waals surface area (Å²) in [4.78, 5) is 26.1. The fourth-order valence-corrected chi connectivity index (χ4v) is 3.15. The topological polar surface area (TPSA) is 101 Å². The number of carboxylic acid groups (broad SMARTS) is 1. The van der Waals surface area contributed by atoms with E-state index in [1.54, 1.807) is 11.4 Å². The van der Waals surface area contributed by atoms with Gasteiger partial charge in [0, 0.05) is 16.3 Å². The molecule has 0 bridgehead atoms. The first-order valence-electron chi connectivity index (χ1n) is 7.09. The lowest BCUT2D eigenvalue weighted by atomic mass is 10.1. The molecular weight excluding hydrogens is 347 g/mol. The predicted octanol–water partition coefficient (Wildman–Crippen LogP) is 2.67. The minimum absolute atomic E-state index is 0.172. The van der Waals surface area contributed by atoms with Crippen LogP contribution >= 0.6 is 11.3 Å². The molecule has 0 unspecified atom stereocenters. The Balaban J connectivity index is 1.79. The van der Waals surface area contributed by atoms with Gasteiger partial charge in [0.25, 0.3) is 5.56 Å². The van der Waals surface area contributed by atoms with E-state index in [-0.39, 0.29) is 16.0 Å². The minimum Gasteiger partial charge on any atom is -0.477 e. The molecule has 9 heteroatoms. The average molecular weight is 356 g/mol. The Morgan fingerprint density at radius 3 is 2.88 bits per heavy atom. The van der Waals surface area contributed by atoms with E-state index in [2.05, 4.69) is 15.3 Å². The molecule has 0 spiro atoms. The number of aromatic nitrogens is 4. The molecule has 0 amide bonds. The summed E-state index contributed by atoms with van der Waals surface area (Å²) in [7, 11) is 0.